The van der Waals surface area contributed by atoms with Gasteiger partial charge in [0.1, 0.15) is 0 Å². The van der Waals surface area contributed by atoms with Gasteiger partial charge in [0, 0.05) is 25.3 Å². The Balaban J connectivity index is 1.84. The molecule has 0 radical (unpaired) electrons. The van der Waals surface area contributed by atoms with Crippen molar-refractivity contribution < 1.29 is 4.79 Å². The number of amides is 2. The van der Waals surface area contributed by atoms with Crippen LogP contribution in [0, 0.1) is 0 Å². The fourth-order valence-electron chi connectivity index (χ4n) is 2.23. The van der Waals surface area contributed by atoms with Gasteiger partial charge < -0.3 is 16.0 Å². The quantitative estimate of drug-likeness (QED) is 0.761. The highest BCUT2D eigenvalue weighted by atomic mass is 16.2. The largest absolute Gasteiger partial charge is 0.385 e. The molecule has 3 N–H and O–H groups in total. The molecule has 0 fully saturated rings. The van der Waals surface area contributed by atoms with Gasteiger partial charge in [-0.15, -0.1) is 0 Å². The fraction of sp³-hybridized carbons (Fsp3) is 0.500. The molecule has 0 atom stereocenters. The first-order valence-corrected chi connectivity index (χ1v) is 6.67. The minimum absolute atomic E-state index is 0.0860. The topological polar surface area (TPSA) is 53.2 Å². The van der Waals surface area contributed by atoms with Crippen LogP contribution < -0.4 is 16.0 Å². The smallest absolute Gasteiger partial charge is 0.314 e. The number of carbonyl (C=O) groups excluding carboxylic acids is 1. The molecule has 2 amide bonds. The average molecular weight is 247 g/mol. The van der Waals surface area contributed by atoms with E-state index in [-0.39, 0.29) is 6.03 Å². The molecule has 0 saturated heterocycles. The first-order valence-electron chi connectivity index (χ1n) is 6.67. The molecule has 1 aromatic carbocycles. The summed E-state index contributed by atoms with van der Waals surface area (Å²) in [6.07, 6.45) is 3.23. The molecule has 18 heavy (non-hydrogen) atoms. The standard InChI is InChI=1S/C14H21N3O/c1-2-15-14(18)17-9-7-11-5-6-13-12(10-11)4-3-8-16-13/h5-6,10,16H,2-4,7-9H2,1H3,(H2,15,17,18). The van der Waals surface area contributed by atoms with Gasteiger partial charge in [0.25, 0.3) is 0 Å². The summed E-state index contributed by atoms with van der Waals surface area (Å²) in [5, 5.41) is 8.97. The molecule has 0 bridgehead atoms. The van der Waals surface area contributed by atoms with E-state index in [1.54, 1.807) is 0 Å². The van der Waals surface area contributed by atoms with Crippen LogP contribution in [0.2, 0.25) is 0 Å². The Kier molecular flexibility index (Phi) is 4.45. The van der Waals surface area contributed by atoms with Crippen LogP contribution in [-0.4, -0.2) is 25.7 Å². The third-order valence-corrected chi connectivity index (χ3v) is 3.14. The molecular weight excluding hydrogens is 226 g/mol. The maximum Gasteiger partial charge on any atom is 0.314 e. The molecule has 0 spiro atoms. The highest BCUT2D eigenvalue weighted by Crippen LogP contribution is 2.22. The summed E-state index contributed by atoms with van der Waals surface area (Å²) in [4.78, 5) is 11.2. The minimum Gasteiger partial charge on any atom is -0.385 e. The fourth-order valence-corrected chi connectivity index (χ4v) is 2.23. The zero-order valence-corrected chi connectivity index (χ0v) is 10.9. The van der Waals surface area contributed by atoms with Crippen LogP contribution in [0.1, 0.15) is 24.5 Å². The Bertz CT molecular complexity index is 418. The third kappa shape index (κ3) is 3.39. The van der Waals surface area contributed by atoms with E-state index in [4.69, 9.17) is 0 Å². The molecule has 4 nitrogen and oxygen atoms in total. The van der Waals surface area contributed by atoms with Gasteiger partial charge in [-0.2, -0.15) is 0 Å². The molecule has 0 saturated carbocycles. The molecule has 2 rings (SSSR count). The number of nitrogens with one attached hydrogen (secondary N) is 3. The van der Waals surface area contributed by atoms with Gasteiger partial charge in [0.15, 0.2) is 0 Å². The highest BCUT2D eigenvalue weighted by molar-refractivity contribution is 5.73. The predicted octanol–water partition coefficient (Wildman–Crippen LogP) is 1.91. The SMILES string of the molecule is CCNC(=O)NCCc1ccc2c(c1)CCCN2. The number of urea groups is 1. The van der Waals surface area contributed by atoms with Crippen molar-refractivity contribution in [1.82, 2.24) is 10.6 Å². The monoisotopic (exact) mass is 247 g/mol. The second-order valence-electron chi connectivity index (χ2n) is 4.56. The summed E-state index contributed by atoms with van der Waals surface area (Å²) in [5.41, 5.74) is 3.95. The van der Waals surface area contributed by atoms with Crippen molar-refractivity contribution in [3.63, 3.8) is 0 Å². The molecule has 98 valence electrons. The lowest BCUT2D eigenvalue weighted by molar-refractivity contribution is 0.241. The van der Waals surface area contributed by atoms with Crippen molar-refractivity contribution in [1.29, 1.82) is 0 Å². The number of anilines is 1. The van der Waals surface area contributed by atoms with Crippen LogP contribution in [0.15, 0.2) is 18.2 Å². The van der Waals surface area contributed by atoms with Crippen molar-refractivity contribution in [2.45, 2.75) is 26.2 Å². The van der Waals surface area contributed by atoms with Gasteiger partial charge in [-0.1, -0.05) is 12.1 Å². The van der Waals surface area contributed by atoms with Crippen LogP contribution in [0.5, 0.6) is 0 Å². The van der Waals surface area contributed by atoms with E-state index in [0.29, 0.717) is 13.1 Å². The normalized spacial score (nSPS) is 13.4. The van der Waals surface area contributed by atoms with Gasteiger partial charge >= 0.3 is 6.03 Å². The van der Waals surface area contributed by atoms with E-state index in [9.17, 15) is 4.79 Å². The first-order chi connectivity index (χ1) is 8.79. The third-order valence-electron chi connectivity index (χ3n) is 3.14. The van der Waals surface area contributed by atoms with Crippen LogP contribution in [0.25, 0.3) is 0 Å². The number of hydrogen-bond donors (Lipinski definition) is 3. The van der Waals surface area contributed by atoms with E-state index in [1.807, 2.05) is 6.92 Å². The molecule has 4 heteroatoms. The molecule has 0 aromatic heterocycles. The molecule has 0 unspecified atom stereocenters. The summed E-state index contributed by atoms with van der Waals surface area (Å²) in [6, 6.07) is 6.45. The molecule has 1 aromatic rings. The van der Waals surface area contributed by atoms with Crippen molar-refractivity contribution in [3.8, 4) is 0 Å². The van der Waals surface area contributed by atoms with E-state index in [1.165, 1.54) is 23.2 Å². The van der Waals surface area contributed by atoms with Gasteiger partial charge in [0.05, 0.1) is 0 Å². The molecule has 1 heterocycles. The second-order valence-corrected chi connectivity index (χ2v) is 4.56. The Morgan fingerprint density at radius 3 is 3.11 bits per heavy atom. The molecular formula is C14H21N3O. The van der Waals surface area contributed by atoms with Crippen molar-refractivity contribution in [3.05, 3.63) is 29.3 Å². The van der Waals surface area contributed by atoms with E-state index in [2.05, 4.69) is 34.1 Å². The number of rotatable bonds is 4. The molecule has 1 aliphatic rings. The summed E-state index contributed by atoms with van der Waals surface area (Å²) in [6.45, 7) is 4.33. The lowest BCUT2D eigenvalue weighted by Crippen LogP contribution is -2.36. The van der Waals surface area contributed by atoms with Gasteiger partial charge in [-0.05, 0) is 43.4 Å². The van der Waals surface area contributed by atoms with E-state index < -0.39 is 0 Å². The predicted molar refractivity (Wildman–Crippen MR) is 74.0 cm³/mol. The zero-order chi connectivity index (χ0) is 12.8. The van der Waals surface area contributed by atoms with E-state index >= 15 is 0 Å². The van der Waals surface area contributed by atoms with Crippen molar-refractivity contribution in [2.24, 2.45) is 0 Å². The lowest BCUT2D eigenvalue weighted by Gasteiger charge is -2.18. The van der Waals surface area contributed by atoms with Gasteiger partial charge in [-0.3, -0.25) is 0 Å². The number of benzene rings is 1. The van der Waals surface area contributed by atoms with Gasteiger partial charge in [0.2, 0.25) is 0 Å². The van der Waals surface area contributed by atoms with Crippen molar-refractivity contribution in [2.75, 3.05) is 25.0 Å². The van der Waals surface area contributed by atoms with Crippen LogP contribution >= 0.6 is 0 Å². The van der Waals surface area contributed by atoms with Crippen LogP contribution in [-0.2, 0) is 12.8 Å². The minimum atomic E-state index is -0.0860. The second kappa shape index (κ2) is 6.28. The number of carbonyl (C=O) groups is 1. The van der Waals surface area contributed by atoms with Gasteiger partial charge in [-0.25, -0.2) is 4.79 Å². The number of fused-ring (bicyclic) bond motifs is 1. The first kappa shape index (κ1) is 12.7. The highest BCUT2D eigenvalue weighted by Gasteiger charge is 2.08. The lowest BCUT2D eigenvalue weighted by atomic mass is 9.99. The Morgan fingerprint density at radius 1 is 1.39 bits per heavy atom. The zero-order valence-electron chi connectivity index (χ0n) is 10.9. The molecule has 1 aliphatic heterocycles. The Hall–Kier alpha value is -1.71. The number of aryl methyl sites for hydroxylation is 1. The van der Waals surface area contributed by atoms with Crippen LogP contribution in [0.4, 0.5) is 10.5 Å². The van der Waals surface area contributed by atoms with Crippen molar-refractivity contribution >= 4 is 11.7 Å². The molecule has 0 aliphatic carbocycles. The Morgan fingerprint density at radius 2 is 2.28 bits per heavy atom. The Labute approximate surface area is 108 Å². The summed E-state index contributed by atoms with van der Waals surface area (Å²) >= 11 is 0. The van der Waals surface area contributed by atoms with E-state index in [0.717, 1.165) is 19.4 Å². The maximum absolute atomic E-state index is 11.2. The average Bonchev–Trinajstić information content (AvgIpc) is 2.39. The summed E-state index contributed by atoms with van der Waals surface area (Å²) in [5.74, 6) is 0. The number of hydrogen-bond acceptors (Lipinski definition) is 2. The summed E-state index contributed by atoms with van der Waals surface area (Å²) in [7, 11) is 0. The summed E-state index contributed by atoms with van der Waals surface area (Å²) < 4.78 is 0. The maximum atomic E-state index is 11.2. The van der Waals surface area contributed by atoms with Crippen LogP contribution in [0.3, 0.4) is 0 Å².